The maximum absolute atomic E-state index is 12.7. The van der Waals surface area contributed by atoms with Gasteiger partial charge in [-0.1, -0.05) is 42.5 Å². The molecule has 5 heteroatoms. The van der Waals surface area contributed by atoms with E-state index >= 15 is 0 Å². The van der Waals surface area contributed by atoms with Crippen molar-refractivity contribution in [1.82, 2.24) is 0 Å². The highest BCUT2D eigenvalue weighted by Gasteiger charge is 2.13. The number of anilines is 2. The molecule has 1 atom stereocenters. The van der Waals surface area contributed by atoms with Crippen molar-refractivity contribution in [2.45, 2.75) is 13.0 Å². The molecule has 0 spiro atoms. The maximum atomic E-state index is 12.7. The first-order valence-electron chi connectivity index (χ1n) is 8.31. The van der Waals surface area contributed by atoms with Crippen molar-refractivity contribution in [3.8, 4) is 0 Å². The molecule has 2 amide bonds. The van der Waals surface area contributed by atoms with E-state index in [9.17, 15) is 9.59 Å². The van der Waals surface area contributed by atoms with Gasteiger partial charge in [0.1, 0.15) is 6.10 Å². The molecular weight excluding hydrogens is 328 g/mol. The molecule has 26 heavy (non-hydrogen) atoms. The van der Waals surface area contributed by atoms with Gasteiger partial charge in [-0.3, -0.25) is 9.59 Å². The SMILES string of the molecule is COC(C)C(=O)Nc1cccc(NC(=O)c2cccc3ccccc23)c1. The van der Waals surface area contributed by atoms with Gasteiger partial charge in [0.05, 0.1) is 0 Å². The Morgan fingerprint density at radius 1 is 0.885 bits per heavy atom. The molecule has 2 N–H and O–H groups in total. The standard InChI is InChI=1S/C21H20N2O3/c1-14(26-2)20(24)22-16-9-6-10-17(13-16)23-21(25)19-12-5-8-15-7-3-4-11-18(15)19/h3-14H,1-2H3,(H,22,24)(H,23,25). The number of hydrogen-bond donors (Lipinski definition) is 2. The first kappa shape index (κ1) is 17.6. The third-order valence-corrected chi connectivity index (χ3v) is 4.15. The molecule has 0 saturated carbocycles. The molecule has 3 rings (SSSR count). The van der Waals surface area contributed by atoms with E-state index in [4.69, 9.17) is 4.74 Å². The fraction of sp³-hybridized carbons (Fsp3) is 0.143. The number of fused-ring (bicyclic) bond motifs is 1. The first-order chi connectivity index (χ1) is 12.6. The maximum Gasteiger partial charge on any atom is 0.256 e. The minimum Gasteiger partial charge on any atom is -0.372 e. The number of carbonyl (C=O) groups is 2. The van der Waals surface area contributed by atoms with Crippen LogP contribution < -0.4 is 10.6 Å². The molecule has 0 radical (unpaired) electrons. The molecule has 1 unspecified atom stereocenters. The molecule has 0 aliphatic heterocycles. The monoisotopic (exact) mass is 348 g/mol. The Kier molecular flexibility index (Phi) is 5.29. The van der Waals surface area contributed by atoms with Gasteiger partial charge in [-0.05, 0) is 42.0 Å². The summed E-state index contributed by atoms with van der Waals surface area (Å²) in [5.41, 5.74) is 1.80. The third-order valence-electron chi connectivity index (χ3n) is 4.15. The number of benzene rings is 3. The summed E-state index contributed by atoms with van der Waals surface area (Å²) in [6.45, 7) is 1.67. The number of nitrogens with one attached hydrogen (secondary N) is 2. The average Bonchev–Trinajstić information content (AvgIpc) is 2.67. The van der Waals surface area contributed by atoms with Gasteiger partial charge in [-0.15, -0.1) is 0 Å². The van der Waals surface area contributed by atoms with E-state index in [0.29, 0.717) is 16.9 Å². The lowest BCUT2D eigenvalue weighted by Crippen LogP contribution is -2.26. The molecule has 3 aromatic carbocycles. The Morgan fingerprint density at radius 3 is 2.31 bits per heavy atom. The summed E-state index contributed by atoms with van der Waals surface area (Å²) >= 11 is 0. The summed E-state index contributed by atoms with van der Waals surface area (Å²) in [5, 5.41) is 7.55. The Balaban J connectivity index is 1.79. The van der Waals surface area contributed by atoms with Gasteiger partial charge in [0.25, 0.3) is 11.8 Å². The van der Waals surface area contributed by atoms with E-state index < -0.39 is 6.10 Å². The van der Waals surface area contributed by atoms with Gasteiger partial charge in [0.15, 0.2) is 0 Å². The lowest BCUT2D eigenvalue weighted by atomic mass is 10.0. The second-order valence-electron chi connectivity index (χ2n) is 5.93. The summed E-state index contributed by atoms with van der Waals surface area (Å²) in [5.74, 6) is -0.444. The van der Waals surface area contributed by atoms with Gasteiger partial charge >= 0.3 is 0 Å². The Morgan fingerprint density at radius 2 is 1.54 bits per heavy atom. The number of amides is 2. The first-order valence-corrected chi connectivity index (χ1v) is 8.31. The Bertz CT molecular complexity index is 947. The van der Waals surface area contributed by atoms with Crippen molar-refractivity contribution in [2.24, 2.45) is 0 Å². The van der Waals surface area contributed by atoms with Crippen molar-refractivity contribution in [3.63, 3.8) is 0 Å². The van der Waals surface area contributed by atoms with Crippen LogP contribution in [-0.2, 0) is 9.53 Å². The number of carbonyl (C=O) groups excluding carboxylic acids is 2. The molecule has 0 saturated heterocycles. The van der Waals surface area contributed by atoms with Crippen LogP contribution in [-0.4, -0.2) is 25.0 Å². The normalized spacial score (nSPS) is 11.8. The summed E-state index contributed by atoms with van der Waals surface area (Å²) in [7, 11) is 1.48. The zero-order chi connectivity index (χ0) is 18.5. The van der Waals surface area contributed by atoms with Crippen LogP contribution >= 0.6 is 0 Å². The van der Waals surface area contributed by atoms with Crippen molar-refractivity contribution in [3.05, 3.63) is 72.3 Å². The van der Waals surface area contributed by atoms with Crippen LogP contribution in [0.3, 0.4) is 0 Å². The van der Waals surface area contributed by atoms with Crippen molar-refractivity contribution in [1.29, 1.82) is 0 Å². The molecule has 0 heterocycles. The molecule has 0 aliphatic carbocycles. The van der Waals surface area contributed by atoms with Crippen LogP contribution in [0.4, 0.5) is 11.4 Å². The zero-order valence-corrected chi connectivity index (χ0v) is 14.7. The fourth-order valence-electron chi connectivity index (χ4n) is 2.65. The number of ether oxygens (including phenoxy) is 1. The zero-order valence-electron chi connectivity index (χ0n) is 14.7. The number of hydrogen-bond acceptors (Lipinski definition) is 3. The van der Waals surface area contributed by atoms with Crippen LogP contribution in [0.2, 0.25) is 0 Å². The molecule has 0 bridgehead atoms. The lowest BCUT2D eigenvalue weighted by Gasteiger charge is -2.12. The van der Waals surface area contributed by atoms with Gasteiger partial charge in [-0.2, -0.15) is 0 Å². The molecule has 0 fully saturated rings. The van der Waals surface area contributed by atoms with Gasteiger partial charge < -0.3 is 15.4 Å². The van der Waals surface area contributed by atoms with E-state index in [1.165, 1.54) is 7.11 Å². The van der Waals surface area contributed by atoms with E-state index in [0.717, 1.165) is 10.8 Å². The summed E-state index contributed by atoms with van der Waals surface area (Å²) in [4.78, 5) is 24.6. The predicted octanol–water partition coefficient (Wildman–Crippen LogP) is 4.07. The van der Waals surface area contributed by atoms with Crippen molar-refractivity contribution in [2.75, 3.05) is 17.7 Å². The minimum absolute atomic E-state index is 0.199. The van der Waals surface area contributed by atoms with Crippen LogP contribution in [0.15, 0.2) is 66.7 Å². The highest BCUT2D eigenvalue weighted by atomic mass is 16.5. The summed E-state index contributed by atoms with van der Waals surface area (Å²) in [6.07, 6.45) is -0.552. The number of methoxy groups -OCH3 is 1. The Labute approximate surface area is 152 Å². The van der Waals surface area contributed by atoms with Gasteiger partial charge in [-0.25, -0.2) is 0 Å². The second-order valence-corrected chi connectivity index (χ2v) is 5.93. The quantitative estimate of drug-likeness (QED) is 0.730. The molecule has 5 nitrogen and oxygen atoms in total. The highest BCUT2D eigenvalue weighted by molar-refractivity contribution is 6.13. The molecular formula is C21H20N2O3. The van der Waals surface area contributed by atoms with Crippen LogP contribution in [0.25, 0.3) is 10.8 Å². The fourth-order valence-corrected chi connectivity index (χ4v) is 2.65. The largest absolute Gasteiger partial charge is 0.372 e. The average molecular weight is 348 g/mol. The molecule has 3 aromatic rings. The summed E-state index contributed by atoms with van der Waals surface area (Å²) in [6, 6.07) is 20.4. The van der Waals surface area contributed by atoms with Crippen molar-refractivity contribution < 1.29 is 14.3 Å². The molecule has 0 aliphatic rings. The number of rotatable bonds is 5. The smallest absolute Gasteiger partial charge is 0.256 e. The predicted molar refractivity (Wildman–Crippen MR) is 103 cm³/mol. The van der Waals surface area contributed by atoms with Crippen molar-refractivity contribution >= 4 is 34.0 Å². The minimum atomic E-state index is -0.552. The molecule has 132 valence electrons. The second kappa shape index (κ2) is 7.80. The highest BCUT2D eigenvalue weighted by Crippen LogP contribution is 2.21. The van der Waals surface area contributed by atoms with Crippen LogP contribution in [0, 0.1) is 0 Å². The summed E-state index contributed by atoms with van der Waals surface area (Å²) < 4.78 is 5.00. The lowest BCUT2D eigenvalue weighted by molar-refractivity contribution is -0.124. The van der Waals surface area contributed by atoms with E-state index in [-0.39, 0.29) is 11.8 Å². The van der Waals surface area contributed by atoms with E-state index in [2.05, 4.69) is 10.6 Å². The van der Waals surface area contributed by atoms with Gasteiger partial charge in [0.2, 0.25) is 0 Å². The third kappa shape index (κ3) is 3.90. The van der Waals surface area contributed by atoms with Gasteiger partial charge in [0, 0.05) is 24.0 Å². The van der Waals surface area contributed by atoms with E-state index in [1.807, 2.05) is 36.4 Å². The van der Waals surface area contributed by atoms with Crippen LogP contribution in [0.1, 0.15) is 17.3 Å². The Hall–Kier alpha value is -3.18. The topological polar surface area (TPSA) is 67.4 Å². The molecule has 0 aromatic heterocycles. The van der Waals surface area contributed by atoms with E-state index in [1.54, 1.807) is 37.3 Å². The van der Waals surface area contributed by atoms with Crippen LogP contribution in [0.5, 0.6) is 0 Å².